The number of amides is 1. The predicted molar refractivity (Wildman–Crippen MR) is 82.7 cm³/mol. The maximum atomic E-state index is 12.7. The molecule has 21 heavy (non-hydrogen) atoms. The first-order chi connectivity index (χ1) is 10.2. The van der Waals surface area contributed by atoms with E-state index in [1.54, 1.807) is 6.20 Å². The quantitative estimate of drug-likeness (QED) is 0.867. The molecular formula is C17H21N3O. The van der Waals surface area contributed by atoms with Crippen LogP contribution in [0.4, 0.5) is 0 Å². The molecule has 0 radical (unpaired) electrons. The lowest BCUT2D eigenvalue weighted by Crippen LogP contribution is -2.35. The van der Waals surface area contributed by atoms with Crippen LogP contribution in [0.15, 0.2) is 36.5 Å². The second kappa shape index (κ2) is 5.72. The summed E-state index contributed by atoms with van der Waals surface area (Å²) in [6, 6.07) is 10.3. The molecule has 1 fully saturated rings. The number of nitrogens with zero attached hydrogens (tertiary/aromatic N) is 3. The Bertz CT molecular complexity index is 627. The summed E-state index contributed by atoms with van der Waals surface area (Å²) in [5.74, 6) is 0.0848. The molecule has 3 rings (SSSR count). The van der Waals surface area contributed by atoms with E-state index in [9.17, 15) is 4.79 Å². The number of hydrogen-bond donors (Lipinski definition) is 0. The van der Waals surface area contributed by atoms with E-state index in [0.717, 1.165) is 24.2 Å². The van der Waals surface area contributed by atoms with E-state index in [-0.39, 0.29) is 5.91 Å². The van der Waals surface area contributed by atoms with Crippen molar-refractivity contribution in [1.82, 2.24) is 14.7 Å². The minimum Gasteiger partial charge on any atom is -0.339 e. The summed E-state index contributed by atoms with van der Waals surface area (Å²) in [6.07, 6.45) is 6.38. The number of para-hydroxylation sites is 1. The Morgan fingerprint density at radius 1 is 1.24 bits per heavy atom. The minimum absolute atomic E-state index is 0.0848. The van der Waals surface area contributed by atoms with Gasteiger partial charge in [-0.3, -0.25) is 4.79 Å². The average molecular weight is 283 g/mol. The molecular weight excluding hydrogens is 262 g/mol. The first-order valence-electron chi connectivity index (χ1n) is 7.55. The van der Waals surface area contributed by atoms with E-state index in [2.05, 4.69) is 5.10 Å². The van der Waals surface area contributed by atoms with Gasteiger partial charge in [0.15, 0.2) is 0 Å². The Morgan fingerprint density at radius 3 is 2.57 bits per heavy atom. The molecule has 0 bridgehead atoms. The summed E-state index contributed by atoms with van der Waals surface area (Å²) in [4.78, 5) is 14.6. The zero-order chi connectivity index (χ0) is 14.8. The van der Waals surface area contributed by atoms with E-state index in [4.69, 9.17) is 0 Å². The van der Waals surface area contributed by atoms with Crippen LogP contribution in [0.5, 0.6) is 0 Å². The van der Waals surface area contributed by atoms with Gasteiger partial charge in [0.05, 0.1) is 23.1 Å². The monoisotopic (exact) mass is 283 g/mol. The van der Waals surface area contributed by atoms with Gasteiger partial charge in [0.2, 0.25) is 0 Å². The maximum absolute atomic E-state index is 12.7. The lowest BCUT2D eigenvalue weighted by Gasteiger charge is -2.24. The van der Waals surface area contributed by atoms with Gasteiger partial charge in [0.1, 0.15) is 0 Å². The van der Waals surface area contributed by atoms with Gasteiger partial charge in [-0.05, 0) is 31.9 Å². The Kier molecular flexibility index (Phi) is 3.78. The third-order valence-electron chi connectivity index (χ3n) is 4.43. The third kappa shape index (κ3) is 2.58. The Balaban J connectivity index is 1.86. The molecule has 2 aromatic rings. The second-order valence-electron chi connectivity index (χ2n) is 5.75. The first kappa shape index (κ1) is 13.9. The molecule has 1 heterocycles. The standard InChI is InChI=1S/C17H21N3O/c1-13-16(17(21)19(2)14-8-6-7-9-14)12-18-20(13)15-10-4-3-5-11-15/h3-5,10-12,14H,6-9H2,1-2H3. The average Bonchev–Trinajstić information content (AvgIpc) is 3.16. The minimum atomic E-state index is 0.0848. The number of aromatic nitrogens is 2. The highest BCUT2D eigenvalue weighted by Crippen LogP contribution is 2.24. The third-order valence-corrected chi connectivity index (χ3v) is 4.43. The van der Waals surface area contributed by atoms with Crippen LogP contribution in [-0.2, 0) is 0 Å². The molecule has 1 aromatic carbocycles. The second-order valence-corrected chi connectivity index (χ2v) is 5.75. The van der Waals surface area contributed by atoms with Crippen molar-refractivity contribution < 1.29 is 4.79 Å². The molecule has 4 nitrogen and oxygen atoms in total. The molecule has 1 aliphatic rings. The Labute approximate surface area is 125 Å². The fourth-order valence-electron chi connectivity index (χ4n) is 3.10. The Hall–Kier alpha value is -2.10. The molecule has 0 saturated heterocycles. The first-order valence-corrected chi connectivity index (χ1v) is 7.55. The van der Waals surface area contributed by atoms with Crippen molar-refractivity contribution in [3.05, 3.63) is 47.8 Å². The molecule has 1 saturated carbocycles. The summed E-state index contributed by atoms with van der Waals surface area (Å²) in [5.41, 5.74) is 2.59. The van der Waals surface area contributed by atoms with Crippen molar-refractivity contribution >= 4 is 5.91 Å². The normalized spacial score (nSPS) is 15.3. The molecule has 4 heteroatoms. The molecule has 0 unspecified atom stereocenters. The largest absolute Gasteiger partial charge is 0.339 e. The fourth-order valence-corrected chi connectivity index (χ4v) is 3.10. The van der Waals surface area contributed by atoms with E-state index in [1.807, 2.05) is 53.9 Å². The lowest BCUT2D eigenvalue weighted by molar-refractivity contribution is 0.0734. The Morgan fingerprint density at radius 2 is 1.90 bits per heavy atom. The molecule has 110 valence electrons. The topological polar surface area (TPSA) is 38.1 Å². The molecule has 1 amide bonds. The highest BCUT2D eigenvalue weighted by atomic mass is 16.2. The smallest absolute Gasteiger partial charge is 0.257 e. The van der Waals surface area contributed by atoms with Gasteiger partial charge < -0.3 is 4.90 Å². The van der Waals surface area contributed by atoms with E-state index in [0.29, 0.717) is 11.6 Å². The highest BCUT2D eigenvalue weighted by molar-refractivity contribution is 5.95. The molecule has 0 N–H and O–H groups in total. The van der Waals surface area contributed by atoms with E-state index >= 15 is 0 Å². The molecule has 0 aliphatic heterocycles. The van der Waals surface area contributed by atoms with Gasteiger partial charge >= 0.3 is 0 Å². The molecule has 1 aromatic heterocycles. The number of carbonyl (C=O) groups is 1. The molecule has 0 atom stereocenters. The number of benzene rings is 1. The van der Waals surface area contributed by atoms with Gasteiger partial charge in [-0.2, -0.15) is 5.10 Å². The zero-order valence-corrected chi connectivity index (χ0v) is 12.6. The number of carbonyl (C=O) groups excluding carboxylic acids is 1. The van der Waals surface area contributed by atoms with E-state index < -0.39 is 0 Å². The molecule has 0 spiro atoms. The van der Waals surface area contributed by atoms with Crippen LogP contribution >= 0.6 is 0 Å². The summed E-state index contributed by atoms with van der Waals surface area (Å²) in [5, 5.41) is 4.39. The van der Waals surface area contributed by atoms with Crippen LogP contribution in [0.1, 0.15) is 41.7 Å². The maximum Gasteiger partial charge on any atom is 0.257 e. The number of hydrogen-bond acceptors (Lipinski definition) is 2. The van der Waals surface area contributed by atoms with Crippen LogP contribution < -0.4 is 0 Å². The van der Waals surface area contributed by atoms with Gasteiger partial charge in [0.25, 0.3) is 5.91 Å². The van der Waals surface area contributed by atoms with Crippen molar-refractivity contribution in [3.8, 4) is 5.69 Å². The van der Waals surface area contributed by atoms with E-state index in [1.165, 1.54) is 12.8 Å². The predicted octanol–water partition coefficient (Wildman–Crippen LogP) is 3.20. The van der Waals surface area contributed by atoms with Gasteiger partial charge in [-0.25, -0.2) is 4.68 Å². The van der Waals surface area contributed by atoms with Crippen LogP contribution in [0.25, 0.3) is 5.69 Å². The summed E-state index contributed by atoms with van der Waals surface area (Å²) in [6.45, 7) is 1.95. The fraction of sp³-hybridized carbons (Fsp3) is 0.412. The van der Waals surface area contributed by atoms with Crippen LogP contribution in [0, 0.1) is 6.92 Å². The highest BCUT2D eigenvalue weighted by Gasteiger charge is 2.26. The van der Waals surface area contributed by atoms with Crippen molar-refractivity contribution in [3.63, 3.8) is 0 Å². The number of rotatable bonds is 3. The van der Waals surface area contributed by atoms with Crippen molar-refractivity contribution in [2.45, 2.75) is 38.6 Å². The lowest BCUT2D eigenvalue weighted by atomic mass is 10.1. The molecule has 1 aliphatic carbocycles. The van der Waals surface area contributed by atoms with Gasteiger partial charge in [-0.15, -0.1) is 0 Å². The van der Waals surface area contributed by atoms with Crippen molar-refractivity contribution in [1.29, 1.82) is 0 Å². The SMILES string of the molecule is Cc1c(C(=O)N(C)C2CCCC2)cnn1-c1ccccc1. The van der Waals surface area contributed by atoms with Crippen molar-refractivity contribution in [2.75, 3.05) is 7.05 Å². The van der Waals surface area contributed by atoms with Crippen LogP contribution in [0.3, 0.4) is 0 Å². The van der Waals surface area contributed by atoms with Gasteiger partial charge in [-0.1, -0.05) is 31.0 Å². The summed E-state index contributed by atoms with van der Waals surface area (Å²) in [7, 11) is 1.91. The summed E-state index contributed by atoms with van der Waals surface area (Å²) >= 11 is 0. The van der Waals surface area contributed by atoms with Crippen LogP contribution in [0.2, 0.25) is 0 Å². The summed E-state index contributed by atoms with van der Waals surface area (Å²) < 4.78 is 1.83. The van der Waals surface area contributed by atoms with Gasteiger partial charge in [0, 0.05) is 13.1 Å². The van der Waals surface area contributed by atoms with Crippen molar-refractivity contribution in [2.24, 2.45) is 0 Å². The van der Waals surface area contributed by atoms with Crippen LogP contribution in [-0.4, -0.2) is 33.7 Å². The zero-order valence-electron chi connectivity index (χ0n) is 12.6.